The maximum Gasteiger partial charge on any atom is 0.313 e. The molecule has 142 valence electrons. The Morgan fingerprint density at radius 1 is 1.33 bits per heavy atom. The van der Waals surface area contributed by atoms with Gasteiger partial charge < -0.3 is 24.5 Å². The van der Waals surface area contributed by atoms with Crippen molar-refractivity contribution in [3.05, 3.63) is 47.9 Å². The lowest BCUT2D eigenvalue weighted by atomic mass is 10.1. The molecule has 1 fully saturated rings. The first kappa shape index (κ1) is 17.6. The van der Waals surface area contributed by atoms with Crippen LogP contribution in [-0.2, 0) is 16.0 Å². The van der Waals surface area contributed by atoms with E-state index in [0.717, 1.165) is 30.6 Å². The molecule has 0 spiro atoms. The SMILES string of the molecule is O=C(Nc1ccc2c(c1)CCO2)C(=O)N1CCC[C@@H]1C[C@@H](O)c1ccco1. The number of aliphatic hydroxyl groups is 1. The molecule has 1 aromatic carbocycles. The first-order valence-corrected chi connectivity index (χ1v) is 9.21. The van der Waals surface area contributed by atoms with Crippen molar-refractivity contribution in [2.75, 3.05) is 18.5 Å². The van der Waals surface area contributed by atoms with Gasteiger partial charge in [0.1, 0.15) is 17.6 Å². The van der Waals surface area contributed by atoms with E-state index in [9.17, 15) is 14.7 Å². The number of fused-ring (bicyclic) bond motifs is 1. The zero-order valence-corrected chi connectivity index (χ0v) is 14.9. The van der Waals surface area contributed by atoms with Crippen LogP contribution in [0.4, 0.5) is 5.69 Å². The summed E-state index contributed by atoms with van der Waals surface area (Å²) >= 11 is 0. The van der Waals surface area contributed by atoms with Crippen LogP contribution in [0.1, 0.15) is 36.7 Å². The van der Waals surface area contributed by atoms with Gasteiger partial charge in [-0.3, -0.25) is 9.59 Å². The van der Waals surface area contributed by atoms with Gasteiger partial charge in [0, 0.05) is 31.1 Å². The highest BCUT2D eigenvalue weighted by Crippen LogP contribution is 2.29. The predicted octanol–water partition coefficient (Wildman–Crippen LogP) is 2.27. The smallest absolute Gasteiger partial charge is 0.313 e. The first-order valence-electron chi connectivity index (χ1n) is 9.21. The number of hydrogen-bond donors (Lipinski definition) is 2. The zero-order chi connectivity index (χ0) is 18.8. The zero-order valence-electron chi connectivity index (χ0n) is 14.9. The maximum atomic E-state index is 12.6. The van der Waals surface area contributed by atoms with Crippen LogP contribution < -0.4 is 10.1 Å². The minimum absolute atomic E-state index is 0.184. The third-order valence-corrected chi connectivity index (χ3v) is 5.15. The van der Waals surface area contributed by atoms with Gasteiger partial charge in [-0.25, -0.2) is 0 Å². The van der Waals surface area contributed by atoms with Crippen LogP contribution in [0.3, 0.4) is 0 Å². The van der Waals surface area contributed by atoms with Crippen molar-refractivity contribution >= 4 is 17.5 Å². The molecule has 2 atom stereocenters. The minimum atomic E-state index is -0.793. The number of nitrogens with one attached hydrogen (secondary N) is 1. The molecule has 2 aliphatic heterocycles. The van der Waals surface area contributed by atoms with Crippen LogP contribution in [0, 0.1) is 0 Å². The molecule has 27 heavy (non-hydrogen) atoms. The summed E-state index contributed by atoms with van der Waals surface area (Å²) in [5.74, 6) is 0.0686. The summed E-state index contributed by atoms with van der Waals surface area (Å²) in [7, 11) is 0. The Morgan fingerprint density at radius 2 is 2.22 bits per heavy atom. The van der Waals surface area contributed by atoms with Crippen LogP contribution in [0.2, 0.25) is 0 Å². The second-order valence-corrected chi connectivity index (χ2v) is 6.94. The Balaban J connectivity index is 1.39. The van der Waals surface area contributed by atoms with Crippen molar-refractivity contribution in [2.24, 2.45) is 0 Å². The number of amides is 2. The number of aliphatic hydroxyl groups excluding tert-OH is 1. The molecule has 4 rings (SSSR count). The maximum absolute atomic E-state index is 12.6. The summed E-state index contributed by atoms with van der Waals surface area (Å²) in [5.41, 5.74) is 1.62. The van der Waals surface area contributed by atoms with E-state index in [1.165, 1.54) is 6.26 Å². The lowest BCUT2D eigenvalue weighted by molar-refractivity contribution is -0.144. The van der Waals surface area contributed by atoms with E-state index in [2.05, 4.69) is 5.32 Å². The molecule has 1 aromatic heterocycles. The lowest BCUT2D eigenvalue weighted by Crippen LogP contribution is -2.43. The van der Waals surface area contributed by atoms with Crippen molar-refractivity contribution in [3.63, 3.8) is 0 Å². The van der Waals surface area contributed by atoms with Crippen LogP contribution in [0.25, 0.3) is 0 Å². The molecule has 7 nitrogen and oxygen atoms in total. The van der Waals surface area contributed by atoms with Crippen LogP contribution in [-0.4, -0.2) is 41.0 Å². The van der Waals surface area contributed by atoms with E-state index in [0.29, 0.717) is 31.0 Å². The summed E-state index contributed by atoms with van der Waals surface area (Å²) in [6.45, 7) is 1.15. The molecular formula is C20H22N2O5. The number of furan rings is 1. The first-order chi connectivity index (χ1) is 13.1. The fraction of sp³-hybridized carbons (Fsp3) is 0.400. The summed E-state index contributed by atoms with van der Waals surface area (Å²) in [5, 5.41) is 13.0. The second-order valence-electron chi connectivity index (χ2n) is 6.94. The van der Waals surface area contributed by atoms with Gasteiger partial charge in [-0.15, -0.1) is 0 Å². The van der Waals surface area contributed by atoms with Gasteiger partial charge in [-0.2, -0.15) is 0 Å². The van der Waals surface area contributed by atoms with Crippen LogP contribution in [0.15, 0.2) is 41.0 Å². The van der Waals surface area contributed by atoms with Crippen molar-refractivity contribution in [3.8, 4) is 5.75 Å². The van der Waals surface area contributed by atoms with Gasteiger partial charge in [-0.1, -0.05) is 0 Å². The van der Waals surface area contributed by atoms with E-state index in [1.807, 2.05) is 6.07 Å². The largest absolute Gasteiger partial charge is 0.493 e. The number of rotatable bonds is 4. The van der Waals surface area contributed by atoms with E-state index in [1.54, 1.807) is 29.2 Å². The molecule has 3 heterocycles. The predicted molar refractivity (Wildman–Crippen MR) is 97.3 cm³/mol. The molecule has 0 bridgehead atoms. The number of carbonyl (C=O) groups is 2. The van der Waals surface area contributed by atoms with E-state index in [4.69, 9.17) is 9.15 Å². The fourth-order valence-corrected chi connectivity index (χ4v) is 3.78. The average molecular weight is 370 g/mol. The monoisotopic (exact) mass is 370 g/mol. The molecule has 0 unspecified atom stereocenters. The Morgan fingerprint density at radius 3 is 3.04 bits per heavy atom. The number of likely N-dealkylation sites (tertiary alicyclic amines) is 1. The van der Waals surface area contributed by atoms with Gasteiger partial charge in [0.25, 0.3) is 0 Å². The molecule has 2 amide bonds. The molecule has 1 saturated heterocycles. The summed E-state index contributed by atoms with van der Waals surface area (Å²) in [4.78, 5) is 26.6. The molecule has 0 aliphatic carbocycles. The number of ether oxygens (including phenoxy) is 1. The van der Waals surface area contributed by atoms with Crippen LogP contribution in [0.5, 0.6) is 5.75 Å². The third-order valence-electron chi connectivity index (χ3n) is 5.15. The fourth-order valence-electron chi connectivity index (χ4n) is 3.78. The van der Waals surface area contributed by atoms with Crippen molar-refractivity contribution in [1.29, 1.82) is 0 Å². The van der Waals surface area contributed by atoms with E-state index >= 15 is 0 Å². The molecule has 2 aliphatic rings. The lowest BCUT2D eigenvalue weighted by Gasteiger charge is -2.25. The number of anilines is 1. The topological polar surface area (TPSA) is 92.0 Å². The molecule has 0 saturated carbocycles. The quantitative estimate of drug-likeness (QED) is 0.806. The second kappa shape index (κ2) is 7.44. The summed E-state index contributed by atoms with van der Waals surface area (Å²) in [6, 6.07) is 8.62. The molecule has 0 radical (unpaired) electrons. The summed E-state index contributed by atoms with van der Waals surface area (Å²) < 4.78 is 10.7. The highest BCUT2D eigenvalue weighted by Gasteiger charge is 2.34. The minimum Gasteiger partial charge on any atom is -0.493 e. The van der Waals surface area contributed by atoms with Crippen molar-refractivity contribution in [2.45, 2.75) is 37.8 Å². The van der Waals surface area contributed by atoms with Crippen LogP contribution >= 0.6 is 0 Å². The molecule has 7 heteroatoms. The Hall–Kier alpha value is -2.80. The van der Waals surface area contributed by atoms with Gasteiger partial charge in [0.05, 0.1) is 12.9 Å². The molecular weight excluding hydrogens is 348 g/mol. The number of carbonyl (C=O) groups excluding carboxylic acids is 2. The van der Waals surface area contributed by atoms with Gasteiger partial charge >= 0.3 is 11.8 Å². The number of nitrogens with zero attached hydrogens (tertiary/aromatic N) is 1. The normalized spacial score (nSPS) is 19.4. The molecule has 2 N–H and O–H groups in total. The standard InChI is InChI=1S/C20H22N2O5/c23-16(18-4-2-9-26-18)12-15-3-1-8-22(15)20(25)19(24)21-14-5-6-17-13(11-14)7-10-27-17/h2,4-6,9,11,15-16,23H,1,3,7-8,10,12H2,(H,21,24)/t15-,16-/m1/s1. The molecule has 2 aromatic rings. The van der Waals surface area contributed by atoms with E-state index in [-0.39, 0.29) is 6.04 Å². The van der Waals surface area contributed by atoms with Crippen molar-refractivity contribution in [1.82, 2.24) is 4.90 Å². The highest BCUT2D eigenvalue weighted by molar-refractivity contribution is 6.39. The number of benzene rings is 1. The van der Waals surface area contributed by atoms with Gasteiger partial charge in [0.2, 0.25) is 0 Å². The van der Waals surface area contributed by atoms with E-state index < -0.39 is 17.9 Å². The van der Waals surface area contributed by atoms with Gasteiger partial charge in [-0.05, 0) is 48.7 Å². The summed E-state index contributed by atoms with van der Waals surface area (Å²) in [6.07, 6.45) is 3.43. The van der Waals surface area contributed by atoms with Gasteiger partial charge in [0.15, 0.2) is 0 Å². The highest BCUT2D eigenvalue weighted by atomic mass is 16.5. The Kier molecular flexibility index (Phi) is 4.85. The van der Waals surface area contributed by atoms with Crippen molar-refractivity contribution < 1.29 is 23.8 Å². The third kappa shape index (κ3) is 3.68. The average Bonchev–Trinajstić information content (AvgIpc) is 3.41. The Bertz CT molecular complexity index is 833. The number of hydrogen-bond acceptors (Lipinski definition) is 5. The Labute approximate surface area is 156 Å².